The zero-order valence-corrected chi connectivity index (χ0v) is 27.8. The van der Waals surface area contributed by atoms with Crippen molar-refractivity contribution < 1.29 is 0 Å². The molecule has 0 saturated carbocycles. The van der Waals surface area contributed by atoms with Crippen molar-refractivity contribution in [3.05, 3.63) is 76.9 Å². The van der Waals surface area contributed by atoms with E-state index in [1.54, 1.807) is 0 Å². The largest absolute Gasteiger partial charge is 0.341 e. The molecule has 0 aromatic heterocycles. The average molecular weight is 573 g/mol. The van der Waals surface area contributed by atoms with E-state index in [0.29, 0.717) is 0 Å². The first-order valence-corrected chi connectivity index (χ1v) is 16.8. The molecule has 0 atom stereocenters. The molecule has 0 bridgehead atoms. The number of unbranched alkanes of at least 4 members (excludes halogenated alkanes) is 10. The molecule has 0 fully saturated rings. The van der Waals surface area contributed by atoms with E-state index in [0.717, 1.165) is 18.0 Å². The van der Waals surface area contributed by atoms with Crippen LogP contribution in [0.2, 0.25) is 0 Å². The molecule has 3 rings (SSSR count). The summed E-state index contributed by atoms with van der Waals surface area (Å²) >= 11 is 4.72. The van der Waals surface area contributed by atoms with Crippen LogP contribution in [0, 0.1) is 27.7 Å². The molecule has 0 aliphatic rings. The van der Waals surface area contributed by atoms with Gasteiger partial charge in [0, 0.05) is 40.7 Å². The smallest absolute Gasteiger partial charge is 0.0451 e. The predicted octanol–water partition coefficient (Wildman–Crippen LogP) is 12.2. The Labute approximate surface area is 258 Å². The SMILES string of the molecule is CCCCCCCCN(c1ccccc1C)c1cc(C)c(N(CCCCCCCC)c2cc(S)ccc2C)cc1C. The molecule has 0 aliphatic heterocycles. The minimum atomic E-state index is 1.02. The van der Waals surface area contributed by atoms with Crippen molar-refractivity contribution in [3.8, 4) is 0 Å². The number of nitrogens with zero attached hydrogens (tertiary/aromatic N) is 2. The summed E-state index contributed by atoms with van der Waals surface area (Å²) in [5.74, 6) is 0. The summed E-state index contributed by atoms with van der Waals surface area (Å²) in [6, 6.07) is 20.3. The van der Waals surface area contributed by atoms with Crippen LogP contribution in [0.5, 0.6) is 0 Å². The minimum Gasteiger partial charge on any atom is -0.341 e. The van der Waals surface area contributed by atoms with Crippen LogP contribution in [-0.4, -0.2) is 13.1 Å². The number of aryl methyl sites for hydroxylation is 4. The quantitative estimate of drug-likeness (QED) is 0.120. The Morgan fingerprint density at radius 1 is 0.463 bits per heavy atom. The van der Waals surface area contributed by atoms with Gasteiger partial charge in [0.2, 0.25) is 0 Å². The zero-order valence-electron chi connectivity index (χ0n) is 26.9. The summed E-state index contributed by atoms with van der Waals surface area (Å²) in [6.07, 6.45) is 15.7. The lowest BCUT2D eigenvalue weighted by atomic mass is 10.0. The van der Waals surface area contributed by atoms with Gasteiger partial charge in [-0.1, -0.05) is 102 Å². The van der Waals surface area contributed by atoms with Crippen LogP contribution in [-0.2, 0) is 0 Å². The lowest BCUT2D eigenvalue weighted by molar-refractivity contribution is 0.608. The van der Waals surface area contributed by atoms with Crippen molar-refractivity contribution in [1.82, 2.24) is 0 Å². The third-order valence-electron chi connectivity index (χ3n) is 8.46. The number of benzene rings is 3. The van der Waals surface area contributed by atoms with Gasteiger partial charge in [-0.15, -0.1) is 12.6 Å². The average Bonchev–Trinajstić information content (AvgIpc) is 2.96. The summed E-state index contributed by atoms with van der Waals surface area (Å²) in [5.41, 5.74) is 10.6. The van der Waals surface area contributed by atoms with E-state index in [4.69, 9.17) is 12.6 Å². The van der Waals surface area contributed by atoms with Crippen molar-refractivity contribution in [3.63, 3.8) is 0 Å². The molecule has 3 heteroatoms. The summed E-state index contributed by atoms with van der Waals surface area (Å²) < 4.78 is 0. The molecule has 0 unspecified atom stereocenters. The molecule has 0 amide bonds. The highest BCUT2D eigenvalue weighted by molar-refractivity contribution is 7.80. The molecule has 224 valence electrons. The molecule has 0 spiro atoms. The van der Waals surface area contributed by atoms with E-state index in [1.807, 2.05) is 0 Å². The Hall–Kier alpha value is -2.39. The molecule has 3 aromatic rings. The van der Waals surface area contributed by atoms with Crippen molar-refractivity contribution >= 4 is 35.4 Å². The first kappa shape index (κ1) is 33.1. The molecular weight excluding hydrogens is 516 g/mol. The van der Waals surface area contributed by atoms with E-state index in [1.165, 1.54) is 122 Å². The molecule has 0 saturated heterocycles. The van der Waals surface area contributed by atoms with Crippen molar-refractivity contribution in [2.45, 2.75) is 123 Å². The second-order valence-electron chi connectivity index (χ2n) is 12.0. The van der Waals surface area contributed by atoms with Gasteiger partial charge in [0.1, 0.15) is 0 Å². The lowest BCUT2D eigenvalue weighted by Gasteiger charge is -2.32. The van der Waals surface area contributed by atoms with Crippen molar-refractivity contribution in [2.24, 2.45) is 0 Å². The van der Waals surface area contributed by atoms with Gasteiger partial charge in [0.05, 0.1) is 0 Å². The van der Waals surface area contributed by atoms with E-state index in [2.05, 4.69) is 106 Å². The molecule has 0 radical (unpaired) electrons. The van der Waals surface area contributed by atoms with Crippen LogP contribution < -0.4 is 9.80 Å². The van der Waals surface area contributed by atoms with Gasteiger partial charge >= 0.3 is 0 Å². The van der Waals surface area contributed by atoms with E-state index in [-0.39, 0.29) is 0 Å². The number of hydrogen-bond acceptors (Lipinski definition) is 3. The van der Waals surface area contributed by atoms with E-state index < -0.39 is 0 Å². The maximum Gasteiger partial charge on any atom is 0.0451 e. The first-order valence-electron chi connectivity index (χ1n) is 16.4. The Morgan fingerprint density at radius 3 is 1.44 bits per heavy atom. The highest BCUT2D eigenvalue weighted by Crippen LogP contribution is 2.39. The zero-order chi connectivity index (χ0) is 29.6. The topological polar surface area (TPSA) is 6.48 Å². The van der Waals surface area contributed by atoms with Gasteiger partial charge in [0.25, 0.3) is 0 Å². The maximum absolute atomic E-state index is 4.72. The van der Waals surface area contributed by atoms with Crippen molar-refractivity contribution in [1.29, 1.82) is 0 Å². The molecular formula is C38H56N2S. The highest BCUT2D eigenvalue weighted by atomic mass is 32.1. The van der Waals surface area contributed by atoms with Crippen LogP contribution in [0.15, 0.2) is 59.5 Å². The summed E-state index contributed by atoms with van der Waals surface area (Å²) in [7, 11) is 0. The van der Waals surface area contributed by atoms with Crippen molar-refractivity contribution in [2.75, 3.05) is 22.9 Å². The second kappa shape index (κ2) is 17.5. The third-order valence-corrected chi connectivity index (χ3v) is 8.73. The van der Waals surface area contributed by atoms with Crippen LogP contribution >= 0.6 is 12.6 Å². The molecule has 0 aliphatic carbocycles. The third kappa shape index (κ3) is 9.84. The number of rotatable bonds is 18. The standard InChI is InChI=1S/C38H56N2S/c1-7-9-11-13-15-19-25-39(35-22-18-17-21-30(35)3)36-27-33(6)37(28-32(36)5)40(26-20-16-14-12-10-8-2)38-29-34(41)24-23-31(38)4/h17-18,21-24,27-29,41H,7-16,19-20,25-26H2,1-6H3. The van der Waals surface area contributed by atoms with Crippen LogP contribution in [0.1, 0.15) is 113 Å². The van der Waals surface area contributed by atoms with Crippen LogP contribution in [0.25, 0.3) is 0 Å². The Kier molecular flexibility index (Phi) is 14.2. The molecule has 41 heavy (non-hydrogen) atoms. The summed E-state index contributed by atoms with van der Waals surface area (Å²) in [6.45, 7) is 15.7. The Morgan fingerprint density at radius 2 is 0.902 bits per heavy atom. The van der Waals surface area contributed by atoms with Gasteiger partial charge in [-0.25, -0.2) is 0 Å². The molecule has 0 heterocycles. The van der Waals surface area contributed by atoms with Crippen LogP contribution in [0.4, 0.5) is 22.7 Å². The summed E-state index contributed by atoms with van der Waals surface area (Å²) in [5, 5.41) is 0. The fraction of sp³-hybridized carbons (Fsp3) is 0.526. The Balaban J connectivity index is 1.93. The van der Waals surface area contributed by atoms with Gasteiger partial charge in [0.15, 0.2) is 0 Å². The first-order chi connectivity index (χ1) is 19.9. The monoisotopic (exact) mass is 572 g/mol. The fourth-order valence-corrected chi connectivity index (χ4v) is 6.16. The maximum atomic E-state index is 4.72. The van der Waals surface area contributed by atoms with Gasteiger partial charge < -0.3 is 9.80 Å². The minimum absolute atomic E-state index is 1.02. The Bertz CT molecular complexity index is 1200. The highest BCUT2D eigenvalue weighted by Gasteiger charge is 2.19. The van der Waals surface area contributed by atoms with Gasteiger partial charge in [-0.3, -0.25) is 0 Å². The second-order valence-corrected chi connectivity index (χ2v) is 12.5. The number of thiol groups is 1. The molecule has 3 aromatic carbocycles. The summed E-state index contributed by atoms with van der Waals surface area (Å²) in [4.78, 5) is 6.17. The number of hydrogen-bond donors (Lipinski definition) is 1. The van der Waals surface area contributed by atoms with E-state index in [9.17, 15) is 0 Å². The fourth-order valence-electron chi connectivity index (χ4n) is 5.96. The molecule has 2 nitrogen and oxygen atoms in total. The van der Waals surface area contributed by atoms with Gasteiger partial charge in [-0.05, 0) is 93.1 Å². The number of para-hydroxylation sites is 1. The predicted molar refractivity (Wildman–Crippen MR) is 186 cm³/mol. The normalized spacial score (nSPS) is 11.2. The molecule has 0 N–H and O–H groups in total. The van der Waals surface area contributed by atoms with E-state index >= 15 is 0 Å². The lowest BCUT2D eigenvalue weighted by Crippen LogP contribution is -2.23. The van der Waals surface area contributed by atoms with Crippen LogP contribution in [0.3, 0.4) is 0 Å². The van der Waals surface area contributed by atoms with Gasteiger partial charge in [-0.2, -0.15) is 0 Å². The number of anilines is 4.